The van der Waals surface area contributed by atoms with Crippen molar-refractivity contribution in [2.45, 2.75) is 52.5 Å². The van der Waals surface area contributed by atoms with E-state index in [4.69, 9.17) is 4.74 Å². The summed E-state index contributed by atoms with van der Waals surface area (Å²) in [6, 6.07) is 8.94. The van der Waals surface area contributed by atoms with Crippen LogP contribution in [0.5, 0.6) is 5.75 Å². The highest BCUT2D eigenvalue weighted by Gasteiger charge is 2.31. The number of hydrogen-bond donors (Lipinski definition) is 1. The smallest absolute Gasteiger partial charge is 0.123 e. The Kier molecular flexibility index (Phi) is 6.10. The van der Waals surface area contributed by atoms with Crippen molar-refractivity contribution in [3.63, 3.8) is 0 Å². The Morgan fingerprint density at radius 2 is 1.81 bits per heavy atom. The maximum Gasteiger partial charge on any atom is 0.123 e. The largest absolute Gasteiger partial charge is 0.496 e. The number of benzene rings is 1. The molecular formula is C19H31NO. The van der Waals surface area contributed by atoms with Crippen LogP contribution in [0.4, 0.5) is 0 Å². The van der Waals surface area contributed by atoms with Crippen LogP contribution in [0.15, 0.2) is 24.3 Å². The molecule has 1 aliphatic rings. The van der Waals surface area contributed by atoms with E-state index in [1.807, 2.05) is 0 Å². The molecule has 2 heteroatoms. The van der Waals surface area contributed by atoms with Crippen LogP contribution in [-0.2, 0) is 0 Å². The molecular weight excluding hydrogens is 258 g/mol. The van der Waals surface area contributed by atoms with Gasteiger partial charge in [0.2, 0.25) is 0 Å². The normalized spacial score (nSPS) is 27.3. The second-order valence-electron chi connectivity index (χ2n) is 6.85. The molecule has 1 fully saturated rings. The minimum Gasteiger partial charge on any atom is -0.496 e. The van der Waals surface area contributed by atoms with Crippen molar-refractivity contribution < 1.29 is 4.74 Å². The molecule has 2 rings (SSSR count). The van der Waals surface area contributed by atoms with E-state index in [0.717, 1.165) is 24.1 Å². The topological polar surface area (TPSA) is 21.3 Å². The minimum absolute atomic E-state index is 0.422. The molecule has 21 heavy (non-hydrogen) atoms. The monoisotopic (exact) mass is 289 g/mol. The molecule has 0 bridgehead atoms. The molecule has 0 amide bonds. The van der Waals surface area contributed by atoms with Gasteiger partial charge >= 0.3 is 0 Å². The van der Waals surface area contributed by atoms with Gasteiger partial charge in [0.25, 0.3) is 0 Å². The van der Waals surface area contributed by atoms with Crippen LogP contribution in [0.25, 0.3) is 0 Å². The molecule has 0 heterocycles. The first-order chi connectivity index (χ1) is 10.2. The standard InChI is InChI=1S/C19H31NO/c1-5-10-20-19(16-12-14(2)11-15(3)13-16)17-8-6-7-9-18(17)21-4/h6-9,14-16,19-20H,5,10-13H2,1-4H3. The third-order valence-corrected chi connectivity index (χ3v) is 4.77. The lowest BCUT2D eigenvalue weighted by molar-refractivity contribution is 0.175. The van der Waals surface area contributed by atoms with Crippen molar-refractivity contribution in [3.8, 4) is 5.75 Å². The summed E-state index contributed by atoms with van der Waals surface area (Å²) in [5, 5.41) is 3.79. The van der Waals surface area contributed by atoms with E-state index >= 15 is 0 Å². The van der Waals surface area contributed by atoms with Crippen LogP contribution in [0.1, 0.15) is 58.1 Å². The molecule has 3 atom stereocenters. The molecule has 0 aliphatic heterocycles. The average molecular weight is 289 g/mol. The van der Waals surface area contributed by atoms with Crippen LogP contribution in [0, 0.1) is 17.8 Å². The highest BCUT2D eigenvalue weighted by Crippen LogP contribution is 2.41. The number of para-hydroxylation sites is 1. The van der Waals surface area contributed by atoms with Crippen molar-refractivity contribution in [2.75, 3.05) is 13.7 Å². The summed E-state index contributed by atoms with van der Waals surface area (Å²) in [4.78, 5) is 0. The van der Waals surface area contributed by atoms with E-state index in [-0.39, 0.29) is 0 Å². The zero-order chi connectivity index (χ0) is 15.2. The fraction of sp³-hybridized carbons (Fsp3) is 0.684. The van der Waals surface area contributed by atoms with Gasteiger partial charge in [-0.05, 0) is 56.0 Å². The maximum absolute atomic E-state index is 5.61. The van der Waals surface area contributed by atoms with Gasteiger partial charge in [-0.1, -0.05) is 39.0 Å². The zero-order valence-electron chi connectivity index (χ0n) is 14.1. The van der Waals surface area contributed by atoms with Crippen molar-refractivity contribution in [1.82, 2.24) is 5.32 Å². The minimum atomic E-state index is 0.422. The van der Waals surface area contributed by atoms with Crippen molar-refractivity contribution in [2.24, 2.45) is 17.8 Å². The second kappa shape index (κ2) is 7.84. The van der Waals surface area contributed by atoms with Gasteiger partial charge in [-0.2, -0.15) is 0 Å². The maximum atomic E-state index is 5.61. The Bertz CT molecular complexity index is 421. The van der Waals surface area contributed by atoms with E-state index in [9.17, 15) is 0 Å². The summed E-state index contributed by atoms with van der Waals surface area (Å²) in [5.74, 6) is 3.40. The van der Waals surface area contributed by atoms with E-state index < -0.39 is 0 Å². The molecule has 2 nitrogen and oxygen atoms in total. The van der Waals surface area contributed by atoms with Crippen LogP contribution in [0.3, 0.4) is 0 Å². The highest BCUT2D eigenvalue weighted by molar-refractivity contribution is 5.36. The molecule has 1 aromatic rings. The lowest BCUT2D eigenvalue weighted by Crippen LogP contribution is -2.34. The molecule has 1 aromatic carbocycles. The molecule has 1 saturated carbocycles. The molecule has 118 valence electrons. The SMILES string of the molecule is CCCNC(c1ccccc1OC)C1CC(C)CC(C)C1. The Hall–Kier alpha value is -1.02. The summed E-state index contributed by atoms with van der Waals surface area (Å²) in [7, 11) is 1.78. The van der Waals surface area contributed by atoms with E-state index in [1.54, 1.807) is 7.11 Å². The van der Waals surface area contributed by atoms with Gasteiger partial charge in [-0.3, -0.25) is 0 Å². The van der Waals surface area contributed by atoms with Gasteiger partial charge in [0.05, 0.1) is 7.11 Å². The number of nitrogens with one attached hydrogen (secondary N) is 1. The number of methoxy groups -OCH3 is 1. The van der Waals surface area contributed by atoms with Gasteiger partial charge in [0.1, 0.15) is 5.75 Å². The third kappa shape index (κ3) is 4.23. The number of rotatable bonds is 6. The van der Waals surface area contributed by atoms with E-state index in [0.29, 0.717) is 12.0 Å². The van der Waals surface area contributed by atoms with Crippen molar-refractivity contribution in [3.05, 3.63) is 29.8 Å². The van der Waals surface area contributed by atoms with Crippen LogP contribution >= 0.6 is 0 Å². The van der Waals surface area contributed by atoms with Gasteiger partial charge in [-0.25, -0.2) is 0 Å². The Morgan fingerprint density at radius 3 is 2.43 bits per heavy atom. The summed E-state index contributed by atoms with van der Waals surface area (Å²) >= 11 is 0. The predicted octanol–water partition coefficient (Wildman–Crippen LogP) is 4.81. The van der Waals surface area contributed by atoms with Gasteiger partial charge in [0.15, 0.2) is 0 Å². The summed E-state index contributed by atoms with van der Waals surface area (Å²) in [5.41, 5.74) is 1.33. The fourth-order valence-electron chi connectivity index (χ4n) is 4.04. The van der Waals surface area contributed by atoms with Crippen LogP contribution in [0.2, 0.25) is 0 Å². The Labute approximate surface area is 130 Å². The average Bonchev–Trinajstić information content (AvgIpc) is 2.47. The number of hydrogen-bond acceptors (Lipinski definition) is 2. The zero-order valence-corrected chi connectivity index (χ0v) is 14.1. The predicted molar refractivity (Wildman–Crippen MR) is 89.7 cm³/mol. The molecule has 0 radical (unpaired) electrons. The molecule has 3 unspecified atom stereocenters. The van der Waals surface area contributed by atoms with E-state index in [1.165, 1.54) is 31.2 Å². The van der Waals surface area contributed by atoms with Crippen molar-refractivity contribution in [1.29, 1.82) is 0 Å². The highest BCUT2D eigenvalue weighted by atomic mass is 16.5. The van der Waals surface area contributed by atoms with Crippen molar-refractivity contribution >= 4 is 0 Å². The first-order valence-electron chi connectivity index (χ1n) is 8.52. The van der Waals surface area contributed by atoms with E-state index in [2.05, 4.69) is 50.4 Å². The second-order valence-corrected chi connectivity index (χ2v) is 6.85. The molecule has 1 aliphatic carbocycles. The Balaban J connectivity index is 2.24. The first kappa shape index (κ1) is 16.4. The molecule has 0 saturated heterocycles. The third-order valence-electron chi connectivity index (χ3n) is 4.77. The van der Waals surface area contributed by atoms with Crippen LogP contribution < -0.4 is 10.1 Å². The van der Waals surface area contributed by atoms with Crippen LogP contribution in [-0.4, -0.2) is 13.7 Å². The fourth-order valence-corrected chi connectivity index (χ4v) is 4.04. The summed E-state index contributed by atoms with van der Waals surface area (Å²) < 4.78 is 5.61. The molecule has 1 N–H and O–H groups in total. The summed E-state index contributed by atoms with van der Waals surface area (Å²) in [6.07, 6.45) is 5.19. The molecule has 0 aromatic heterocycles. The van der Waals surface area contributed by atoms with Gasteiger partial charge in [-0.15, -0.1) is 0 Å². The quantitative estimate of drug-likeness (QED) is 0.811. The lowest BCUT2D eigenvalue weighted by Gasteiger charge is -2.37. The summed E-state index contributed by atoms with van der Waals surface area (Å²) in [6.45, 7) is 8.11. The number of ether oxygens (including phenoxy) is 1. The first-order valence-corrected chi connectivity index (χ1v) is 8.52. The van der Waals surface area contributed by atoms with Gasteiger partial charge < -0.3 is 10.1 Å². The van der Waals surface area contributed by atoms with Gasteiger partial charge in [0, 0.05) is 11.6 Å². The Morgan fingerprint density at radius 1 is 1.14 bits per heavy atom. The lowest BCUT2D eigenvalue weighted by atomic mass is 9.72. The molecule has 0 spiro atoms.